The third-order valence-corrected chi connectivity index (χ3v) is 4.05. The Morgan fingerprint density at radius 1 is 1.38 bits per heavy atom. The highest BCUT2D eigenvalue weighted by Gasteiger charge is 2.16. The molecule has 2 aromatic rings. The van der Waals surface area contributed by atoms with Gasteiger partial charge in [-0.05, 0) is 50.9 Å². The number of piperidine rings is 1. The predicted octanol–water partition coefficient (Wildman–Crippen LogP) is 2.27. The van der Waals surface area contributed by atoms with E-state index in [0.29, 0.717) is 11.5 Å². The highest BCUT2D eigenvalue weighted by atomic mass is 16.1. The molecule has 0 spiro atoms. The van der Waals surface area contributed by atoms with Gasteiger partial charge >= 0.3 is 0 Å². The topological polar surface area (TPSA) is 54.0 Å². The monoisotopic (exact) mass is 283 g/mol. The molecule has 1 fully saturated rings. The Morgan fingerprint density at radius 3 is 3.10 bits per heavy atom. The smallest absolute Gasteiger partial charge is 0.253 e. The summed E-state index contributed by atoms with van der Waals surface area (Å²) in [5, 5.41) is 7.44. The number of rotatable bonds is 3. The fraction of sp³-hybridized carbons (Fsp3) is 0.412. The van der Waals surface area contributed by atoms with Crippen LogP contribution in [0.15, 0.2) is 30.3 Å². The molecule has 1 aromatic carbocycles. The molecule has 1 atom stereocenters. The number of carbonyl (C=O) groups is 1. The Kier molecular flexibility index (Phi) is 4.15. The van der Waals surface area contributed by atoms with Gasteiger partial charge in [-0.3, -0.25) is 9.78 Å². The van der Waals surface area contributed by atoms with Gasteiger partial charge in [-0.25, -0.2) is 0 Å². The van der Waals surface area contributed by atoms with Crippen LogP contribution in [0.4, 0.5) is 0 Å². The Hall–Kier alpha value is -1.94. The largest absolute Gasteiger partial charge is 0.352 e. The van der Waals surface area contributed by atoms with E-state index in [1.165, 1.54) is 12.8 Å². The number of carbonyl (C=O) groups excluding carboxylic acids is 1. The molecule has 2 heterocycles. The molecule has 1 aromatic heterocycles. The summed E-state index contributed by atoms with van der Waals surface area (Å²) in [5.74, 6) is 0.511. The van der Waals surface area contributed by atoms with Gasteiger partial charge in [0.25, 0.3) is 5.91 Å². The van der Waals surface area contributed by atoms with Crippen LogP contribution in [0.2, 0.25) is 0 Å². The lowest BCUT2D eigenvalue weighted by Crippen LogP contribution is -2.38. The van der Waals surface area contributed by atoms with Crippen LogP contribution in [-0.2, 0) is 0 Å². The Morgan fingerprint density at radius 2 is 2.29 bits per heavy atom. The van der Waals surface area contributed by atoms with Crippen LogP contribution in [0.1, 0.15) is 28.9 Å². The molecule has 4 nitrogen and oxygen atoms in total. The second kappa shape index (κ2) is 6.22. The number of aromatic nitrogens is 1. The molecular formula is C17H21N3O. The van der Waals surface area contributed by atoms with Crippen LogP contribution in [0.3, 0.4) is 0 Å². The number of fused-ring (bicyclic) bond motifs is 1. The van der Waals surface area contributed by atoms with E-state index in [1.54, 1.807) is 0 Å². The van der Waals surface area contributed by atoms with Crippen LogP contribution in [0.5, 0.6) is 0 Å². The van der Waals surface area contributed by atoms with Crippen molar-refractivity contribution in [3.8, 4) is 0 Å². The number of aryl methyl sites for hydroxylation is 1. The molecule has 21 heavy (non-hydrogen) atoms. The first kappa shape index (κ1) is 14.0. The summed E-state index contributed by atoms with van der Waals surface area (Å²) >= 11 is 0. The minimum absolute atomic E-state index is 0.0238. The normalized spacial score (nSPS) is 18.6. The average molecular weight is 283 g/mol. The van der Waals surface area contributed by atoms with Gasteiger partial charge < -0.3 is 10.6 Å². The molecule has 1 saturated heterocycles. The summed E-state index contributed by atoms with van der Waals surface area (Å²) in [6.45, 7) is 4.76. The maximum atomic E-state index is 12.4. The molecule has 2 N–H and O–H groups in total. The van der Waals surface area contributed by atoms with Crippen molar-refractivity contribution in [3.05, 3.63) is 41.6 Å². The first-order chi connectivity index (χ1) is 10.2. The number of pyridine rings is 1. The van der Waals surface area contributed by atoms with Crippen molar-refractivity contribution in [2.75, 3.05) is 19.6 Å². The van der Waals surface area contributed by atoms with E-state index in [9.17, 15) is 4.79 Å². The molecular weight excluding hydrogens is 262 g/mol. The molecule has 1 amide bonds. The third-order valence-electron chi connectivity index (χ3n) is 4.05. The van der Waals surface area contributed by atoms with E-state index in [2.05, 4.69) is 15.6 Å². The van der Waals surface area contributed by atoms with Gasteiger partial charge in [-0.15, -0.1) is 0 Å². The molecule has 0 radical (unpaired) electrons. The number of hydrogen-bond donors (Lipinski definition) is 2. The zero-order chi connectivity index (χ0) is 14.7. The lowest BCUT2D eigenvalue weighted by atomic mass is 9.99. The first-order valence-electron chi connectivity index (χ1n) is 7.59. The quantitative estimate of drug-likeness (QED) is 0.908. The SMILES string of the molecule is Cc1ccc2cccc(C(=O)NCC3CCCNC3)c2n1. The predicted molar refractivity (Wildman–Crippen MR) is 84.4 cm³/mol. The number of para-hydroxylation sites is 1. The van der Waals surface area contributed by atoms with E-state index in [0.717, 1.165) is 36.2 Å². The van der Waals surface area contributed by atoms with Crippen molar-refractivity contribution >= 4 is 16.8 Å². The number of nitrogens with one attached hydrogen (secondary N) is 2. The minimum Gasteiger partial charge on any atom is -0.352 e. The number of benzene rings is 1. The fourth-order valence-corrected chi connectivity index (χ4v) is 2.86. The van der Waals surface area contributed by atoms with Crippen LogP contribution < -0.4 is 10.6 Å². The van der Waals surface area contributed by atoms with Crippen molar-refractivity contribution < 1.29 is 4.79 Å². The Labute approximate surface area is 125 Å². The molecule has 0 saturated carbocycles. The minimum atomic E-state index is -0.0238. The molecule has 1 aliphatic rings. The van der Waals surface area contributed by atoms with Crippen LogP contribution >= 0.6 is 0 Å². The zero-order valence-electron chi connectivity index (χ0n) is 12.4. The molecule has 1 aliphatic heterocycles. The summed E-state index contributed by atoms with van der Waals surface area (Å²) in [6.07, 6.45) is 2.37. The van der Waals surface area contributed by atoms with E-state index >= 15 is 0 Å². The molecule has 110 valence electrons. The molecule has 0 bridgehead atoms. The van der Waals surface area contributed by atoms with Gasteiger partial charge in [0.05, 0.1) is 11.1 Å². The Bertz CT molecular complexity index is 648. The van der Waals surface area contributed by atoms with E-state index in [4.69, 9.17) is 0 Å². The van der Waals surface area contributed by atoms with Gasteiger partial charge in [0.15, 0.2) is 0 Å². The summed E-state index contributed by atoms with van der Waals surface area (Å²) in [6, 6.07) is 9.74. The molecule has 4 heteroatoms. The summed E-state index contributed by atoms with van der Waals surface area (Å²) in [5.41, 5.74) is 2.39. The lowest BCUT2D eigenvalue weighted by molar-refractivity contribution is 0.0946. The van der Waals surface area contributed by atoms with Crippen molar-refractivity contribution in [3.63, 3.8) is 0 Å². The number of amides is 1. The van der Waals surface area contributed by atoms with Gasteiger partial charge in [-0.2, -0.15) is 0 Å². The zero-order valence-corrected chi connectivity index (χ0v) is 12.4. The lowest BCUT2D eigenvalue weighted by Gasteiger charge is -2.22. The van der Waals surface area contributed by atoms with Crippen LogP contribution in [0, 0.1) is 12.8 Å². The Balaban J connectivity index is 1.76. The van der Waals surface area contributed by atoms with Crippen molar-refractivity contribution in [1.82, 2.24) is 15.6 Å². The first-order valence-corrected chi connectivity index (χ1v) is 7.59. The molecule has 1 unspecified atom stereocenters. The molecule has 3 rings (SSSR count). The van der Waals surface area contributed by atoms with Gasteiger partial charge in [0, 0.05) is 17.6 Å². The highest BCUT2D eigenvalue weighted by molar-refractivity contribution is 6.05. The summed E-state index contributed by atoms with van der Waals surface area (Å²) in [4.78, 5) is 17.0. The fourth-order valence-electron chi connectivity index (χ4n) is 2.86. The summed E-state index contributed by atoms with van der Waals surface area (Å²) < 4.78 is 0. The summed E-state index contributed by atoms with van der Waals surface area (Å²) in [7, 11) is 0. The number of nitrogens with zero attached hydrogens (tertiary/aromatic N) is 1. The van der Waals surface area contributed by atoms with E-state index in [-0.39, 0.29) is 5.91 Å². The standard InChI is InChI=1S/C17H21N3O/c1-12-7-8-14-5-2-6-15(16(14)20-12)17(21)19-11-13-4-3-9-18-10-13/h2,5-8,13,18H,3-4,9-11H2,1H3,(H,19,21). The maximum absolute atomic E-state index is 12.4. The highest BCUT2D eigenvalue weighted by Crippen LogP contribution is 2.17. The van der Waals surface area contributed by atoms with E-state index in [1.807, 2.05) is 37.3 Å². The van der Waals surface area contributed by atoms with Crippen LogP contribution in [-0.4, -0.2) is 30.5 Å². The second-order valence-electron chi connectivity index (χ2n) is 5.75. The second-order valence-corrected chi connectivity index (χ2v) is 5.75. The third kappa shape index (κ3) is 3.22. The average Bonchev–Trinajstić information content (AvgIpc) is 2.53. The van der Waals surface area contributed by atoms with Crippen LogP contribution in [0.25, 0.3) is 10.9 Å². The van der Waals surface area contributed by atoms with Gasteiger partial charge in [-0.1, -0.05) is 18.2 Å². The van der Waals surface area contributed by atoms with Gasteiger partial charge in [0.1, 0.15) is 0 Å². The van der Waals surface area contributed by atoms with Crippen molar-refractivity contribution in [2.45, 2.75) is 19.8 Å². The van der Waals surface area contributed by atoms with E-state index < -0.39 is 0 Å². The molecule has 0 aliphatic carbocycles. The number of hydrogen-bond acceptors (Lipinski definition) is 3. The van der Waals surface area contributed by atoms with Crippen molar-refractivity contribution in [1.29, 1.82) is 0 Å². The van der Waals surface area contributed by atoms with Gasteiger partial charge in [0.2, 0.25) is 0 Å². The van der Waals surface area contributed by atoms with Crippen molar-refractivity contribution in [2.24, 2.45) is 5.92 Å². The maximum Gasteiger partial charge on any atom is 0.253 e.